The summed E-state index contributed by atoms with van der Waals surface area (Å²) in [5.41, 5.74) is 5.43. The molecule has 5 nitrogen and oxygen atoms in total. The molecule has 0 aromatic carbocycles. The fraction of sp³-hybridized carbons (Fsp3) is 0.750. The molecule has 1 aliphatic heterocycles. The molecule has 1 aliphatic carbocycles. The number of nitrogens with two attached hydrogens (primary N) is 1. The number of primary amides is 1. The van der Waals surface area contributed by atoms with Crippen LogP contribution in [0.2, 0.25) is 0 Å². The summed E-state index contributed by atoms with van der Waals surface area (Å²) in [6.07, 6.45) is 6.82. The third-order valence-corrected chi connectivity index (χ3v) is 4.75. The number of nitrogens with zero attached hydrogens (tertiary/aromatic N) is 3. The van der Waals surface area contributed by atoms with E-state index < -0.39 is 0 Å². The molecule has 6 heteroatoms. The monoisotopic (exact) mass is 266 g/mol. The van der Waals surface area contributed by atoms with Gasteiger partial charge in [-0.05, 0) is 25.7 Å². The first-order valence-electron chi connectivity index (χ1n) is 6.65. The van der Waals surface area contributed by atoms with E-state index in [1.807, 2.05) is 4.90 Å². The van der Waals surface area contributed by atoms with E-state index in [1.165, 1.54) is 37.2 Å². The second-order valence-electron chi connectivity index (χ2n) is 5.17. The molecule has 2 aliphatic rings. The number of aromatic nitrogens is 2. The van der Waals surface area contributed by atoms with Gasteiger partial charge in [0.2, 0.25) is 11.0 Å². The van der Waals surface area contributed by atoms with Crippen molar-refractivity contribution in [2.24, 2.45) is 5.73 Å². The Labute approximate surface area is 111 Å². The lowest BCUT2D eigenvalue weighted by molar-refractivity contribution is -0.119. The summed E-state index contributed by atoms with van der Waals surface area (Å²) in [4.78, 5) is 18.0. The SMILES string of the molecule is NC(=O)[C@H]1CCCN1c1nc(C2CCCC2)ns1. The third kappa shape index (κ3) is 2.09. The van der Waals surface area contributed by atoms with E-state index in [1.54, 1.807) is 0 Å². The Hall–Kier alpha value is -1.17. The van der Waals surface area contributed by atoms with Crippen LogP contribution in [-0.2, 0) is 4.79 Å². The van der Waals surface area contributed by atoms with E-state index in [9.17, 15) is 4.79 Å². The van der Waals surface area contributed by atoms with E-state index in [2.05, 4.69) is 9.36 Å². The van der Waals surface area contributed by atoms with Gasteiger partial charge in [-0.15, -0.1) is 0 Å². The fourth-order valence-corrected chi connectivity index (χ4v) is 3.81. The first-order chi connectivity index (χ1) is 8.75. The van der Waals surface area contributed by atoms with Gasteiger partial charge in [-0.3, -0.25) is 4.79 Å². The van der Waals surface area contributed by atoms with E-state index in [4.69, 9.17) is 5.73 Å². The van der Waals surface area contributed by atoms with Gasteiger partial charge in [0.1, 0.15) is 11.9 Å². The van der Waals surface area contributed by atoms with Gasteiger partial charge in [-0.2, -0.15) is 4.37 Å². The molecule has 1 aromatic heterocycles. The Morgan fingerprint density at radius 1 is 1.28 bits per heavy atom. The molecule has 0 spiro atoms. The zero-order chi connectivity index (χ0) is 12.5. The van der Waals surface area contributed by atoms with Crippen molar-refractivity contribution >= 4 is 22.6 Å². The smallest absolute Gasteiger partial charge is 0.240 e. The van der Waals surface area contributed by atoms with Crippen molar-refractivity contribution in [2.45, 2.75) is 50.5 Å². The minimum absolute atomic E-state index is 0.186. The quantitative estimate of drug-likeness (QED) is 0.903. The van der Waals surface area contributed by atoms with Crippen LogP contribution in [0.3, 0.4) is 0 Å². The first-order valence-corrected chi connectivity index (χ1v) is 7.42. The molecule has 0 radical (unpaired) electrons. The van der Waals surface area contributed by atoms with Gasteiger partial charge < -0.3 is 10.6 Å². The van der Waals surface area contributed by atoms with Gasteiger partial charge in [-0.1, -0.05) is 12.8 Å². The van der Waals surface area contributed by atoms with Gasteiger partial charge in [0.15, 0.2) is 0 Å². The average Bonchev–Trinajstić information content (AvgIpc) is 3.10. The van der Waals surface area contributed by atoms with E-state index in [0.717, 1.165) is 30.3 Å². The number of carbonyl (C=O) groups excluding carboxylic acids is 1. The Kier molecular flexibility index (Phi) is 3.20. The Morgan fingerprint density at radius 2 is 2.06 bits per heavy atom. The van der Waals surface area contributed by atoms with Gasteiger partial charge in [0.25, 0.3) is 0 Å². The lowest BCUT2D eigenvalue weighted by atomic mass is 10.1. The maximum absolute atomic E-state index is 11.4. The predicted molar refractivity (Wildman–Crippen MR) is 70.7 cm³/mol. The molecule has 18 heavy (non-hydrogen) atoms. The first kappa shape index (κ1) is 11.9. The van der Waals surface area contributed by atoms with Crippen molar-refractivity contribution in [1.29, 1.82) is 0 Å². The van der Waals surface area contributed by atoms with Gasteiger partial charge in [-0.25, -0.2) is 4.98 Å². The fourth-order valence-electron chi connectivity index (χ4n) is 2.98. The van der Waals surface area contributed by atoms with E-state index in [0.29, 0.717) is 5.92 Å². The maximum atomic E-state index is 11.4. The zero-order valence-corrected chi connectivity index (χ0v) is 11.2. The standard InChI is InChI=1S/C12H18N4OS/c13-10(17)9-6-3-7-16(9)12-14-11(15-18-12)8-4-1-2-5-8/h8-9H,1-7H2,(H2,13,17)/t9-/m1/s1. The normalized spacial score (nSPS) is 24.9. The second kappa shape index (κ2) is 4.84. The van der Waals surface area contributed by atoms with Crippen LogP contribution in [0.25, 0.3) is 0 Å². The molecule has 98 valence electrons. The van der Waals surface area contributed by atoms with Gasteiger partial charge >= 0.3 is 0 Å². The maximum Gasteiger partial charge on any atom is 0.240 e. The summed E-state index contributed by atoms with van der Waals surface area (Å²) >= 11 is 1.41. The zero-order valence-electron chi connectivity index (χ0n) is 10.3. The second-order valence-corrected chi connectivity index (χ2v) is 5.90. The molecule has 3 rings (SSSR count). The van der Waals surface area contributed by atoms with Crippen molar-refractivity contribution in [3.05, 3.63) is 5.82 Å². The minimum Gasteiger partial charge on any atom is -0.368 e. The Morgan fingerprint density at radius 3 is 2.78 bits per heavy atom. The number of hydrogen-bond donors (Lipinski definition) is 1. The molecule has 2 N–H and O–H groups in total. The highest BCUT2D eigenvalue weighted by molar-refractivity contribution is 7.09. The molecule has 1 aromatic rings. The van der Waals surface area contributed by atoms with Crippen LogP contribution in [0.1, 0.15) is 50.3 Å². The van der Waals surface area contributed by atoms with Crippen LogP contribution in [0.5, 0.6) is 0 Å². The minimum atomic E-state index is -0.245. The summed E-state index contributed by atoms with van der Waals surface area (Å²) in [5, 5.41) is 0.873. The lowest BCUT2D eigenvalue weighted by Crippen LogP contribution is -2.40. The van der Waals surface area contributed by atoms with Crippen LogP contribution in [-0.4, -0.2) is 27.9 Å². The summed E-state index contributed by atoms with van der Waals surface area (Å²) < 4.78 is 4.47. The summed E-state index contributed by atoms with van der Waals surface area (Å²) in [6, 6.07) is -0.186. The van der Waals surface area contributed by atoms with Gasteiger partial charge in [0.05, 0.1) is 0 Å². The molecule has 0 unspecified atom stereocenters. The third-order valence-electron chi connectivity index (χ3n) is 3.98. The average molecular weight is 266 g/mol. The number of rotatable bonds is 3. The number of amides is 1. The largest absolute Gasteiger partial charge is 0.368 e. The molecule has 1 saturated heterocycles. The molecule has 1 atom stereocenters. The summed E-state index contributed by atoms with van der Waals surface area (Å²) in [7, 11) is 0. The Bertz CT molecular complexity index is 441. The molecule has 1 amide bonds. The highest BCUT2D eigenvalue weighted by Gasteiger charge is 2.32. The molecule has 2 heterocycles. The molecule has 1 saturated carbocycles. The van der Waals surface area contributed by atoms with Crippen LogP contribution in [0.4, 0.5) is 5.13 Å². The van der Waals surface area contributed by atoms with E-state index >= 15 is 0 Å². The van der Waals surface area contributed by atoms with Crippen molar-refractivity contribution in [3.63, 3.8) is 0 Å². The molecule has 2 fully saturated rings. The van der Waals surface area contributed by atoms with Crippen molar-refractivity contribution in [1.82, 2.24) is 9.36 Å². The van der Waals surface area contributed by atoms with Gasteiger partial charge in [0, 0.05) is 24.0 Å². The predicted octanol–water partition coefficient (Wildman–Crippen LogP) is 1.65. The number of hydrogen-bond acceptors (Lipinski definition) is 5. The van der Waals surface area contributed by atoms with Crippen LogP contribution < -0.4 is 10.6 Å². The highest BCUT2D eigenvalue weighted by Crippen LogP contribution is 2.35. The highest BCUT2D eigenvalue weighted by atomic mass is 32.1. The molecular formula is C12H18N4OS. The lowest BCUT2D eigenvalue weighted by Gasteiger charge is -2.20. The van der Waals surface area contributed by atoms with Crippen molar-refractivity contribution in [3.8, 4) is 0 Å². The summed E-state index contributed by atoms with van der Waals surface area (Å²) in [6.45, 7) is 0.868. The Balaban J connectivity index is 1.78. The molecule has 0 bridgehead atoms. The summed E-state index contributed by atoms with van der Waals surface area (Å²) in [5.74, 6) is 1.26. The van der Waals surface area contributed by atoms with E-state index in [-0.39, 0.29) is 11.9 Å². The number of carbonyl (C=O) groups is 1. The van der Waals surface area contributed by atoms with Crippen molar-refractivity contribution < 1.29 is 4.79 Å². The topological polar surface area (TPSA) is 72.1 Å². The van der Waals surface area contributed by atoms with Crippen LogP contribution in [0, 0.1) is 0 Å². The number of anilines is 1. The van der Waals surface area contributed by atoms with Crippen molar-refractivity contribution in [2.75, 3.05) is 11.4 Å². The van der Waals surface area contributed by atoms with Crippen LogP contribution >= 0.6 is 11.5 Å². The molecular weight excluding hydrogens is 248 g/mol. The van der Waals surface area contributed by atoms with Crippen LogP contribution in [0.15, 0.2) is 0 Å².